The van der Waals surface area contributed by atoms with E-state index in [0.717, 1.165) is 75.6 Å². The van der Waals surface area contributed by atoms with Gasteiger partial charge >= 0.3 is 0 Å². The van der Waals surface area contributed by atoms with Crippen LogP contribution in [0.1, 0.15) is 67.9 Å². The van der Waals surface area contributed by atoms with Crippen LogP contribution >= 0.6 is 0 Å². The van der Waals surface area contributed by atoms with Crippen molar-refractivity contribution in [1.82, 2.24) is 19.5 Å². The van der Waals surface area contributed by atoms with Crippen LogP contribution in [0.3, 0.4) is 0 Å². The van der Waals surface area contributed by atoms with Gasteiger partial charge in [0.15, 0.2) is 11.6 Å². The van der Waals surface area contributed by atoms with Crippen LogP contribution in [0.2, 0.25) is 0 Å². The summed E-state index contributed by atoms with van der Waals surface area (Å²) < 4.78 is 2.17. The molecule has 0 spiro atoms. The molecule has 3 aliphatic carbocycles. The van der Waals surface area contributed by atoms with Crippen molar-refractivity contribution in [1.29, 1.82) is 0 Å². The third-order valence-electron chi connectivity index (χ3n) is 12.5. The van der Waals surface area contributed by atoms with E-state index in [2.05, 4.69) is 110 Å². The first-order valence-electron chi connectivity index (χ1n) is 20.1. The number of hydrogen-bond acceptors (Lipinski definition) is 4. The predicted molar refractivity (Wildman–Crippen MR) is 250 cm³/mol. The quantitative estimate of drug-likeness (QED) is 0.186. The minimum absolute atomic E-state index is 0.0264. The fourth-order valence-electron chi connectivity index (χ4n) is 9.46. The highest BCUT2D eigenvalue weighted by Gasteiger charge is 2.38. The van der Waals surface area contributed by atoms with E-state index in [9.17, 15) is 0 Å². The zero-order valence-corrected chi connectivity index (χ0v) is 33.4. The number of allylic oxidation sites excluding steroid dienone is 8. The molecule has 10 radical (unpaired) electrons. The summed E-state index contributed by atoms with van der Waals surface area (Å²) in [6, 6.07) is 31.3. The lowest BCUT2D eigenvalue weighted by molar-refractivity contribution is 0.608. The van der Waals surface area contributed by atoms with E-state index in [-0.39, 0.29) is 32.7 Å². The number of anilines is 3. The molecule has 272 valence electrons. The SMILES string of the molecule is [B]c1c([B])c([B])c(N(c2ccccc2)c2ccc3c(c2C)c2ccccc2n3-c2nc(C3=CCCC=C3)nc(C3=CC4=C(CC3)C(C)(C)c3ccccc34)n2)c([B])c1[B]. The normalized spacial score (nSPS) is 15.6. The molecule has 10 heteroatoms. The van der Waals surface area contributed by atoms with E-state index in [4.69, 9.17) is 54.2 Å². The van der Waals surface area contributed by atoms with Crippen LogP contribution in [0.15, 0.2) is 121 Å². The number of nitrogens with zero attached hydrogens (tertiary/aromatic N) is 5. The van der Waals surface area contributed by atoms with E-state index in [1.54, 1.807) is 0 Å². The minimum Gasteiger partial charge on any atom is -0.311 e. The second kappa shape index (κ2) is 14.1. The van der Waals surface area contributed by atoms with Crippen molar-refractivity contribution in [2.75, 3.05) is 4.90 Å². The second-order valence-electron chi connectivity index (χ2n) is 16.2. The Morgan fingerprint density at radius 3 is 2.14 bits per heavy atom. The molecule has 2 aromatic heterocycles. The highest BCUT2D eigenvalue weighted by atomic mass is 15.2. The molecular formula is C49H36B5N5. The van der Waals surface area contributed by atoms with Gasteiger partial charge in [-0.3, -0.25) is 4.57 Å². The number of para-hydroxylation sites is 2. The first kappa shape index (κ1) is 37.3. The van der Waals surface area contributed by atoms with Gasteiger partial charge in [-0.05, 0) is 96.9 Å². The maximum Gasteiger partial charge on any atom is 0.238 e. The Morgan fingerprint density at radius 1 is 0.678 bits per heavy atom. The van der Waals surface area contributed by atoms with Gasteiger partial charge in [-0.15, -0.1) is 16.4 Å². The molecule has 59 heavy (non-hydrogen) atoms. The zero-order chi connectivity index (χ0) is 40.7. The maximum atomic E-state index is 6.75. The summed E-state index contributed by atoms with van der Waals surface area (Å²) in [6.07, 6.45) is 12.6. The van der Waals surface area contributed by atoms with Crippen molar-refractivity contribution in [3.05, 3.63) is 149 Å². The van der Waals surface area contributed by atoms with Crippen LogP contribution in [0.4, 0.5) is 17.1 Å². The molecule has 5 nitrogen and oxygen atoms in total. The maximum absolute atomic E-state index is 6.75. The molecule has 7 aromatic rings. The Kier molecular flexibility index (Phi) is 8.90. The topological polar surface area (TPSA) is 46.8 Å². The fourth-order valence-corrected chi connectivity index (χ4v) is 9.46. The summed E-state index contributed by atoms with van der Waals surface area (Å²) in [5.41, 5.74) is 13.6. The Morgan fingerprint density at radius 2 is 1.37 bits per heavy atom. The molecular weight excluding hydrogens is 713 g/mol. The third kappa shape index (κ3) is 5.78. The van der Waals surface area contributed by atoms with E-state index < -0.39 is 0 Å². The van der Waals surface area contributed by atoms with Gasteiger partial charge in [0, 0.05) is 38.8 Å². The first-order chi connectivity index (χ1) is 28.5. The van der Waals surface area contributed by atoms with Crippen molar-refractivity contribution >= 4 is 122 Å². The molecule has 0 N–H and O–H groups in total. The zero-order valence-electron chi connectivity index (χ0n) is 33.4. The summed E-state index contributed by atoms with van der Waals surface area (Å²) in [5, 5.41) is 2.08. The molecule has 3 aliphatic rings. The lowest BCUT2D eigenvalue weighted by Crippen LogP contribution is -2.56. The predicted octanol–water partition coefficient (Wildman–Crippen LogP) is 6.37. The van der Waals surface area contributed by atoms with E-state index >= 15 is 0 Å². The average molecular weight is 749 g/mol. The first-order valence-corrected chi connectivity index (χ1v) is 20.1. The molecule has 0 amide bonds. The van der Waals surface area contributed by atoms with Crippen LogP contribution < -0.4 is 32.2 Å². The van der Waals surface area contributed by atoms with Gasteiger partial charge in [0.25, 0.3) is 0 Å². The van der Waals surface area contributed by atoms with Crippen LogP contribution in [0.5, 0.6) is 0 Å². The summed E-state index contributed by atoms with van der Waals surface area (Å²) in [6.45, 7) is 6.79. The largest absolute Gasteiger partial charge is 0.311 e. The Bertz CT molecular complexity index is 3020. The highest BCUT2D eigenvalue weighted by Crippen LogP contribution is 2.52. The molecule has 0 unspecified atom stereocenters. The van der Waals surface area contributed by atoms with E-state index in [0.29, 0.717) is 23.3 Å². The van der Waals surface area contributed by atoms with Crippen LogP contribution in [0, 0.1) is 6.92 Å². The molecule has 10 rings (SSSR count). The number of hydrogen-bond donors (Lipinski definition) is 0. The summed E-state index contributed by atoms with van der Waals surface area (Å²) in [5.74, 6) is 1.91. The van der Waals surface area contributed by atoms with Gasteiger partial charge in [-0.1, -0.05) is 109 Å². The summed E-state index contributed by atoms with van der Waals surface area (Å²) in [4.78, 5) is 17.8. The molecule has 0 saturated heterocycles. The lowest BCUT2D eigenvalue weighted by atomic mass is 9.61. The molecule has 0 aliphatic heterocycles. The van der Waals surface area contributed by atoms with Gasteiger partial charge < -0.3 is 4.90 Å². The van der Waals surface area contributed by atoms with Crippen LogP contribution in [-0.2, 0) is 5.41 Å². The number of aryl methyl sites for hydroxylation is 1. The summed E-state index contributed by atoms with van der Waals surface area (Å²) in [7, 11) is 32.7. The number of fused-ring (bicyclic) bond motifs is 5. The fraction of sp³-hybridized carbons (Fsp3) is 0.163. The molecule has 2 heterocycles. The standard InChI is InChI=1S/C49H36B5N5/c1-27-36(58(30-16-8-5-9-17-30)45-43(53)41(51)40(50)42(52)44(45)54)24-25-38-39(27)32-19-11-13-21-37(32)59(38)48-56-46(28-14-6-4-7-15-28)55-47(57-48)29-22-23-35-33(26-29)31-18-10-12-20-34(31)49(35,2)3/h5-6,8-21,24-26H,4,7,22-23H2,1-3H3. The molecule has 0 atom stereocenters. The summed E-state index contributed by atoms with van der Waals surface area (Å²) >= 11 is 0. The highest BCUT2D eigenvalue weighted by molar-refractivity contribution is 6.69. The van der Waals surface area contributed by atoms with Crippen molar-refractivity contribution in [2.24, 2.45) is 0 Å². The van der Waals surface area contributed by atoms with Crippen molar-refractivity contribution in [3.63, 3.8) is 0 Å². The van der Waals surface area contributed by atoms with Crippen molar-refractivity contribution in [3.8, 4) is 5.95 Å². The van der Waals surface area contributed by atoms with Crippen molar-refractivity contribution < 1.29 is 0 Å². The Labute approximate surface area is 352 Å². The third-order valence-corrected chi connectivity index (χ3v) is 12.5. The van der Waals surface area contributed by atoms with Gasteiger partial charge in [-0.2, -0.15) is 9.97 Å². The van der Waals surface area contributed by atoms with E-state index in [1.807, 2.05) is 35.2 Å². The van der Waals surface area contributed by atoms with Gasteiger partial charge in [0.1, 0.15) is 39.2 Å². The number of aromatic nitrogens is 4. The van der Waals surface area contributed by atoms with Gasteiger partial charge in [-0.25, -0.2) is 4.98 Å². The molecule has 0 bridgehead atoms. The second-order valence-corrected chi connectivity index (χ2v) is 16.2. The smallest absolute Gasteiger partial charge is 0.238 e. The van der Waals surface area contributed by atoms with E-state index in [1.165, 1.54) is 22.3 Å². The lowest BCUT2D eigenvalue weighted by Gasteiger charge is -2.33. The molecule has 0 saturated carbocycles. The average Bonchev–Trinajstić information content (AvgIpc) is 3.73. The minimum atomic E-state index is -0.0264. The van der Waals surface area contributed by atoms with Gasteiger partial charge in [0.2, 0.25) is 5.95 Å². The number of benzene rings is 5. The monoisotopic (exact) mass is 749 g/mol. The van der Waals surface area contributed by atoms with Crippen LogP contribution in [0.25, 0.3) is 44.5 Å². The van der Waals surface area contributed by atoms with Gasteiger partial charge in [0.05, 0.1) is 11.0 Å². The Balaban J connectivity index is 1.20. The molecule has 5 aromatic carbocycles. The van der Waals surface area contributed by atoms with Crippen molar-refractivity contribution in [2.45, 2.75) is 51.9 Å². The number of rotatable bonds is 6. The molecule has 0 fully saturated rings. The van der Waals surface area contributed by atoms with Crippen LogP contribution in [-0.4, -0.2) is 58.8 Å². The Hall–Kier alpha value is -6.01.